The Balaban J connectivity index is 2.21. The van der Waals surface area contributed by atoms with Crippen molar-refractivity contribution in [3.8, 4) is 0 Å². The third kappa shape index (κ3) is 2.47. The van der Waals surface area contributed by atoms with E-state index in [2.05, 4.69) is 5.32 Å². The first-order valence-electron chi connectivity index (χ1n) is 5.86. The standard InChI is InChI=1S/C11H19NO4S/c1-11(2,3)16-10(13)9-8-5-12-4-7(8)6-17(9,14)15/h7-9,12H,4-6H2,1-3H3. The average molecular weight is 261 g/mol. The lowest BCUT2D eigenvalue weighted by Gasteiger charge is -2.23. The van der Waals surface area contributed by atoms with Gasteiger partial charge in [0.2, 0.25) is 0 Å². The second-order valence-corrected chi connectivity index (χ2v) is 8.03. The number of sulfone groups is 1. The van der Waals surface area contributed by atoms with Gasteiger partial charge in [0.1, 0.15) is 5.60 Å². The predicted octanol–water partition coefficient (Wildman–Crippen LogP) is -0.0393. The minimum Gasteiger partial charge on any atom is -0.459 e. The Bertz CT molecular complexity index is 423. The van der Waals surface area contributed by atoms with Gasteiger partial charge in [-0.2, -0.15) is 0 Å². The molecule has 2 heterocycles. The fraction of sp³-hybridized carbons (Fsp3) is 0.909. The highest BCUT2D eigenvalue weighted by molar-refractivity contribution is 7.93. The molecule has 2 fully saturated rings. The van der Waals surface area contributed by atoms with Crippen LogP contribution in [0.25, 0.3) is 0 Å². The van der Waals surface area contributed by atoms with Crippen LogP contribution in [0, 0.1) is 11.8 Å². The maximum absolute atomic E-state index is 12.0. The lowest BCUT2D eigenvalue weighted by atomic mass is 9.95. The van der Waals surface area contributed by atoms with Gasteiger partial charge in [-0.15, -0.1) is 0 Å². The fourth-order valence-electron chi connectivity index (χ4n) is 2.64. The zero-order valence-corrected chi connectivity index (χ0v) is 11.2. The van der Waals surface area contributed by atoms with Gasteiger partial charge in [0, 0.05) is 12.5 Å². The molecule has 0 radical (unpaired) electrons. The molecule has 2 rings (SSSR count). The second-order valence-electron chi connectivity index (χ2n) is 5.87. The summed E-state index contributed by atoms with van der Waals surface area (Å²) in [7, 11) is -3.33. The highest BCUT2D eigenvalue weighted by Crippen LogP contribution is 2.36. The quantitative estimate of drug-likeness (QED) is 0.671. The molecule has 0 bridgehead atoms. The molecule has 2 aliphatic heterocycles. The lowest BCUT2D eigenvalue weighted by molar-refractivity contribution is -0.155. The Morgan fingerprint density at radius 2 is 1.94 bits per heavy atom. The Kier molecular flexibility index (Phi) is 2.98. The number of fused-ring (bicyclic) bond motifs is 1. The third-order valence-electron chi connectivity index (χ3n) is 3.25. The van der Waals surface area contributed by atoms with E-state index >= 15 is 0 Å². The van der Waals surface area contributed by atoms with Gasteiger partial charge in [0.15, 0.2) is 15.1 Å². The van der Waals surface area contributed by atoms with E-state index < -0.39 is 26.7 Å². The molecule has 3 unspecified atom stereocenters. The molecule has 0 aliphatic carbocycles. The van der Waals surface area contributed by atoms with E-state index in [1.807, 2.05) is 0 Å². The SMILES string of the molecule is CC(C)(C)OC(=O)C1C2CNCC2CS1(=O)=O. The van der Waals surface area contributed by atoms with Crippen molar-refractivity contribution >= 4 is 15.8 Å². The van der Waals surface area contributed by atoms with E-state index in [9.17, 15) is 13.2 Å². The van der Waals surface area contributed by atoms with Gasteiger partial charge in [-0.3, -0.25) is 4.79 Å². The van der Waals surface area contributed by atoms with Crippen LogP contribution in [0.15, 0.2) is 0 Å². The molecule has 17 heavy (non-hydrogen) atoms. The van der Waals surface area contributed by atoms with Crippen molar-refractivity contribution < 1.29 is 17.9 Å². The first kappa shape index (κ1) is 12.8. The third-order valence-corrected chi connectivity index (χ3v) is 5.46. The van der Waals surface area contributed by atoms with Gasteiger partial charge in [-0.1, -0.05) is 0 Å². The number of carbonyl (C=O) groups excluding carboxylic acids is 1. The summed E-state index contributed by atoms with van der Waals surface area (Å²) in [6.45, 7) is 6.52. The first-order valence-corrected chi connectivity index (χ1v) is 7.57. The Morgan fingerprint density at radius 3 is 2.53 bits per heavy atom. The summed E-state index contributed by atoms with van der Waals surface area (Å²) in [5.41, 5.74) is -0.642. The molecular formula is C11H19NO4S. The minimum atomic E-state index is -3.33. The molecule has 0 saturated carbocycles. The van der Waals surface area contributed by atoms with Crippen LogP contribution in [-0.4, -0.2) is 44.1 Å². The zero-order valence-electron chi connectivity index (χ0n) is 10.4. The normalized spacial score (nSPS) is 35.6. The van der Waals surface area contributed by atoms with E-state index in [0.717, 1.165) is 0 Å². The topological polar surface area (TPSA) is 72.5 Å². The summed E-state index contributed by atoms with van der Waals surface area (Å²) in [5, 5.41) is 2.17. The van der Waals surface area contributed by atoms with Crippen LogP contribution >= 0.6 is 0 Å². The molecule has 98 valence electrons. The average Bonchev–Trinajstić information content (AvgIpc) is 2.55. The summed E-state index contributed by atoms with van der Waals surface area (Å²) >= 11 is 0. The number of hydrogen-bond donors (Lipinski definition) is 1. The van der Waals surface area contributed by atoms with Crippen molar-refractivity contribution in [2.45, 2.75) is 31.6 Å². The van der Waals surface area contributed by atoms with Crippen LogP contribution in [0.2, 0.25) is 0 Å². The van der Waals surface area contributed by atoms with Crippen molar-refractivity contribution in [3.63, 3.8) is 0 Å². The van der Waals surface area contributed by atoms with Crippen LogP contribution in [-0.2, 0) is 19.4 Å². The van der Waals surface area contributed by atoms with Crippen molar-refractivity contribution in [2.75, 3.05) is 18.8 Å². The first-order chi connectivity index (χ1) is 7.71. The molecule has 0 aromatic rings. The highest BCUT2D eigenvalue weighted by Gasteiger charge is 2.54. The van der Waals surface area contributed by atoms with Crippen molar-refractivity contribution in [2.24, 2.45) is 11.8 Å². The van der Waals surface area contributed by atoms with Crippen LogP contribution in [0.4, 0.5) is 0 Å². The van der Waals surface area contributed by atoms with Gasteiger partial charge in [0.05, 0.1) is 5.75 Å². The predicted molar refractivity (Wildman–Crippen MR) is 63.3 cm³/mol. The number of nitrogens with one attached hydrogen (secondary N) is 1. The van der Waals surface area contributed by atoms with Gasteiger partial charge in [-0.25, -0.2) is 8.42 Å². The molecular weight excluding hydrogens is 242 g/mol. The summed E-state index contributed by atoms with van der Waals surface area (Å²) < 4.78 is 29.2. The number of rotatable bonds is 1. The monoisotopic (exact) mass is 261 g/mol. The van der Waals surface area contributed by atoms with Gasteiger partial charge < -0.3 is 10.1 Å². The number of esters is 1. The van der Waals surface area contributed by atoms with Gasteiger partial charge in [-0.05, 0) is 33.2 Å². The van der Waals surface area contributed by atoms with Crippen molar-refractivity contribution in [3.05, 3.63) is 0 Å². The molecule has 0 aromatic heterocycles. The van der Waals surface area contributed by atoms with Crippen molar-refractivity contribution in [1.82, 2.24) is 5.32 Å². The molecule has 0 amide bonds. The van der Waals surface area contributed by atoms with Crippen LogP contribution < -0.4 is 5.32 Å². The van der Waals surface area contributed by atoms with E-state index in [1.165, 1.54) is 0 Å². The largest absolute Gasteiger partial charge is 0.459 e. The Hall–Kier alpha value is -0.620. The number of ether oxygens (including phenoxy) is 1. The van der Waals surface area contributed by atoms with Gasteiger partial charge in [0.25, 0.3) is 0 Å². The number of carbonyl (C=O) groups is 1. The van der Waals surface area contributed by atoms with Gasteiger partial charge >= 0.3 is 5.97 Å². The highest BCUT2D eigenvalue weighted by atomic mass is 32.2. The molecule has 2 aliphatic rings. The summed E-state index contributed by atoms with van der Waals surface area (Å²) in [6, 6.07) is 0. The summed E-state index contributed by atoms with van der Waals surface area (Å²) in [4.78, 5) is 12.0. The van der Waals surface area contributed by atoms with Crippen LogP contribution in [0.3, 0.4) is 0 Å². The van der Waals surface area contributed by atoms with E-state index in [-0.39, 0.29) is 17.6 Å². The van der Waals surface area contributed by atoms with E-state index in [0.29, 0.717) is 13.1 Å². The van der Waals surface area contributed by atoms with E-state index in [4.69, 9.17) is 4.74 Å². The summed E-state index contributed by atoms with van der Waals surface area (Å²) in [5.74, 6) is -0.532. The molecule has 2 saturated heterocycles. The second kappa shape index (κ2) is 3.95. The molecule has 0 spiro atoms. The van der Waals surface area contributed by atoms with E-state index in [1.54, 1.807) is 20.8 Å². The molecule has 0 aromatic carbocycles. The molecule has 6 heteroatoms. The lowest BCUT2D eigenvalue weighted by Crippen LogP contribution is -2.39. The zero-order chi connectivity index (χ0) is 12.8. The van der Waals surface area contributed by atoms with Crippen LogP contribution in [0.1, 0.15) is 20.8 Å². The fourth-order valence-corrected chi connectivity index (χ4v) is 5.00. The molecule has 3 atom stereocenters. The molecule has 1 N–H and O–H groups in total. The molecule has 5 nitrogen and oxygen atoms in total. The number of hydrogen-bond acceptors (Lipinski definition) is 5. The Labute approximate surface area is 102 Å². The van der Waals surface area contributed by atoms with Crippen molar-refractivity contribution in [1.29, 1.82) is 0 Å². The smallest absolute Gasteiger partial charge is 0.325 e. The maximum Gasteiger partial charge on any atom is 0.325 e. The van der Waals surface area contributed by atoms with Crippen LogP contribution in [0.5, 0.6) is 0 Å². The Morgan fingerprint density at radius 1 is 1.29 bits per heavy atom. The maximum atomic E-state index is 12.0. The minimum absolute atomic E-state index is 0.0671. The summed E-state index contributed by atoms with van der Waals surface area (Å²) in [6.07, 6.45) is 0.